The fraction of sp³-hybridized carbons (Fsp3) is 0.471. The van der Waals surface area contributed by atoms with E-state index in [4.69, 9.17) is 5.14 Å². The summed E-state index contributed by atoms with van der Waals surface area (Å²) in [5.74, 6) is 0. The maximum atomic E-state index is 13.4. The molecule has 1 heterocycles. The summed E-state index contributed by atoms with van der Waals surface area (Å²) in [7, 11) is -3.92. The Hall–Kier alpha value is -1.91. The minimum atomic E-state index is -4.53. The number of nitrogens with one attached hydrogen (secondary N) is 1. The lowest BCUT2D eigenvalue weighted by atomic mass is 9.95. The number of nitrogens with zero attached hydrogens (tertiary/aromatic N) is 2. The van der Waals surface area contributed by atoms with Crippen molar-refractivity contribution in [1.82, 2.24) is 15.1 Å². The summed E-state index contributed by atoms with van der Waals surface area (Å²) < 4.78 is 65.0. The minimum Gasteiger partial charge on any atom is -0.313 e. The lowest BCUT2D eigenvalue weighted by Crippen LogP contribution is -2.18. The molecule has 0 saturated heterocycles. The SMILES string of the molecule is CCNCc1cc(S(N)(=O)=O)ccc1-n1nc(C(F)(F)F)c2c1CCCC2. The molecule has 0 radical (unpaired) electrons. The van der Waals surface area contributed by atoms with Gasteiger partial charge in [-0.1, -0.05) is 6.92 Å². The quantitative estimate of drug-likeness (QED) is 0.804. The summed E-state index contributed by atoms with van der Waals surface area (Å²) in [5, 5.41) is 12.1. The van der Waals surface area contributed by atoms with E-state index in [1.165, 1.54) is 22.9 Å². The number of sulfonamides is 1. The summed E-state index contributed by atoms with van der Waals surface area (Å²) in [6.07, 6.45) is -2.23. The molecule has 1 aliphatic rings. The average molecular weight is 402 g/mol. The van der Waals surface area contributed by atoms with E-state index in [0.29, 0.717) is 42.8 Å². The number of aromatic nitrogens is 2. The standard InChI is InChI=1S/C17H21F3N4O2S/c1-2-22-10-11-9-12(27(21,25)26)7-8-14(11)24-15-6-4-3-5-13(15)16(23-24)17(18,19)20/h7-9,22H,2-6,10H2,1H3,(H2,21,25,26). The molecule has 3 N–H and O–H groups in total. The molecule has 0 bridgehead atoms. The van der Waals surface area contributed by atoms with Crippen molar-refractivity contribution < 1.29 is 21.6 Å². The van der Waals surface area contributed by atoms with Crippen LogP contribution in [0.3, 0.4) is 0 Å². The third-order valence-electron chi connectivity index (χ3n) is 4.62. The smallest absolute Gasteiger partial charge is 0.313 e. The second-order valence-corrected chi connectivity index (χ2v) is 8.07. The van der Waals surface area contributed by atoms with Crippen molar-refractivity contribution in [2.45, 2.75) is 50.2 Å². The number of benzene rings is 1. The van der Waals surface area contributed by atoms with Crippen LogP contribution < -0.4 is 10.5 Å². The molecule has 0 unspecified atom stereocenters. The predicted octanol–water partition coefficient (Wildman–Crippen LogP) is 2.53. The maximum absolute atomic E-state index is 13.4. The van der Waals surface area contributed by atoms with Gasteiger partial charge < -0.3 is 5.32 Å². The van der Waals surface area contributed by atoms with Crippen molar-refractivity contribution >= 4 is 10.0 Å². The van der Waals surface area contributed by atoms with Crippen LogP contribution in [0.15, 0.2) is 23.1 Å². The summed E-state index contributed by atoms with van der Waals surface area (Å²) in [5.41, 5.74) is 0.862. The molecule has 1 aliphatic carbocycles. The summed E-state index contributed by atoms with van der Waals surface area (Å²) >= 11 is 0. The number of rotatable bonds is 5. The number of nitrogens with two attached hydrogens (primary N) is 1. The van der Waals surface area contributed by atoms with Crippen LogP contribution in [-0.2, 0) is 35.6 Å². The number of hydrogen-bond donors (Lipinski definition) is 2. The van der Waals surface area contributed by atoms with Crippen LogP contribution in [0, 0.1) is 0 Å². The van der Waals surface area contributed by atoms with Crippen LogP contribution in [0.4, 0.5) is 13.2 Å². The Morgan fingerprint density at radius 1 is 1.26 bits per heavy atom. The first-order valence-corrected chi connectivity index (χ1v) is 10.2. The maximum Gasteiger partial charge on any atom is 0.435 e. The zero-order valence-electron chi connectivity index (χ0n) is 14.8. The van der Waals surface area contributed by atoms with E-state index < -0.39 is 21.9 Å². The second-order valence-electron chi connectivity index (χ2n) is 6.51. The molecule has 0 aliphatic heterocycles. The van der Waals surface area contributed by atoms with Gasteiger partial charge in [0.05, 0.1) is 10.6 Å². The van der Waals surface area contributed by atoms with E-state index in [-0.39, 0.29) is 17.0 Å². The molecule has 0 fully saturated rings. The van der Waals surface area contributed by atoms with Crippen LogP contribution in [0.5, 0.6) is 0 Å². The van der Waals surface area contributed by atoms with E-state index in [0.717, 1.165) is 6.42 Å². The van der Waals surface area contributed by atoms with Crippen molar-refractivity contribution in [2.75, 3.05) is 6.54 Å². The van der Waals surface area contributed by atoms with Crippen LogP contribution in [0.2, 0.25) is 0 Å². The fourth-order valence-electron chi connectivity index (χ4n) is 3.37. The van der Waals surface area contributed by atoms with E-state index in [1.54, 1.807) is 0 Å². The second kappa shape index (κ2) is 7.25. The van der Waals surface area contributed by atoms with Gasteiger partial charge >= 0.3 is 6.18 Å². The molecule has 0 amide bonds. The lowest BCUT2D eigenvalue weighted by Gasteiger charge is -2.17. The number of primary sulfonamides is 1. The molecule has 27 heavy (non-hydrogen) atoms. The Bertz CT molecular complexity index is 952. The number of fused-ring (bicyclic) bond motifs is 1. The van der Waals surface area contributed by atoms with Gasteiger partial charge in [-0.2, -0.15) is 18.3 Å². The average Bonchev–Trinajstić information content (AvgIpc) is 2.99. The zero-order valence-corrected chi connectivity index (χ0v) is 15.6. The van der Waals surface area contributed by atoms with Crippen molar-refractivity contribution in [3.05, 3.63) is 40.7 Å². The molecule has 1 aromatic carbocycles. The van der Waals surface area contributed by atoms with Gasteiger partial charge in [-0.05, 0) is 56.0 Å². The van der Waals surface area contributed by atoms with E-state index in [1.807, 2.05) is 6.92 Å². The molecular formula is C17H21F3N4O2S. The highest BCUT2D eigenvalue weighted by atomic mass is 32.2. The molecule has 0 atom stereocenters. The number of halogens is 3. The normalized spacial score (nSPS) is 15.0. The van der Waals surface area contributed by atoms with Gasteiger partial charge in [-0.3, -0.25) is 0 Å². The van der Waals surface area contributed by atoms with Gasteiger partial charge in [0.15, 0.2) is 5.69 Å². The van der Waals surface area contributed by atoms with Gasteiger partial charge in [-0.25, -0.2) is 18.2 Å². The van der Waals surface area contributed by atoms with Crippen LogP contribution in [0.1, 0.15) is 42.3 Å². The van der Waals surface area contributed by atoms with Crippen molar-refractivity contribution in [2.24, 2.45) is 5.14 Å². The molecule has 0 spiro atoms. The summed E-state index contributed by atoms with van der Waals surface area (Å²) in [6, 6.07) is 4.15. The molecule has 10 heteroatoms. The Kier molecular flexibility index (Phi) is 5.33. The molecule has 6 nitrogen and oxygen atoms in total. The topological polar surface area (TPSA) is 90.0 Å². The Morgan fingerprint density at radius 2 is 1.96 bits per heavy atom. The molecule has 3 rings (SSSR count). The monoisotopic (exact) mass is 402 g/mol. The summed E-state index contributed by atoms with van der Waals surface area (Å²) in [6.45, 7) is 2.77. The van der Waals surface area contributed by atoms with Crippen molar-refractivity contribution in [3.63, 3.8) is 0 Å². The van der Waals surface area contributed by atoms with Gasteiger partial charge in [0.2, 0.25) is 10.0 Å². The number of hydrogen-bond acceptors (Lipinski definition) is 4. The fourth-order valence-corrected chi connectivity index (χ4v) is 3.94. The van der Waals surface area contributed by atoms with Crippen LogP contribution in [-0.4, -0.2) is 24.7 Å². The Balaban J connectivity index is 2.20. The first kappa shape index (κ1) is 19.8. The Labute approximate surface area is 155 Å². The molecular weight excluding hydrogens is 381 g/mol. The first-order chi connectivity index (χ1) is 12.6. The largest absolute Gasteiger partial charge is 0.435 e. The molecule has 1 aromatic heterocycles. The van der Waals surface area contributed by atoms with Crippen LogP contribution in [0.25, 0.3) is 5.69 Å². The molecule has 2 aromatic rings. The zero-order chi connectivity index (χ0) is 19.8. The van der Waals surface area contributed by atoms with E-state index in [2.05, 4.69) is 10.4 Å². The van der Waals surface area contributed by atoms with E-state index in [9.17, 15) is 21.6 Å². The third kappa shape index (κ3) is 4.02. The third-order valence-corrected chi connectivity index (χ3v) is 5.53. The highest BCUT2D eigenvalue weighted by molar-refractivity contribution is 7.89. The van der Waals surface area contributed by atoms with Gasteiger partial charge in [0, 0.05) is 17.8 Å². The van der Waals surface area contributed by atoms with Gasteiger partial charge in [0.25, 0.3) is 0 Å². The van der Waals surface area contributed by atoms with Gasteiger partial charge in [0.1, 0.15) is 0 Å². The lowest BCUT2D eigenvalue weighted by molar-refractivity contribution is -0.142. The van der Waals surface area contributed by atoms with Gasteiger partial charge in [-0.15, -0.1) is 0 Å². The van der Waals surface area contributed by atoms with E-state index >= 15 is 0 Å². The molecule has 148 valence electrons. The Morgan fingerprint density at radius 3 is 2.59 bits per heavy atom. The number of alkyl halides is 3. The summed E-state index contributed by atoms with van der Waals surface area (Å²) in [4.78, 5) is -0.0868. The van der Waals surface area contributed by atoms with Crippen LogP contribution >= 0.6 is 0 Å². The highest BCUT2D eigenvalue weighted by Gasteiger charge is 2.39. The molecule has 0 saturated carbocycles. The van der Waals surface area contributed by atoms with Crippen molar-refractivity contribution in [1.29, 1.82) is 0 Å². The van der Waals surface area contributed by atoms with Crippen molar-refractivity contribution in [3.8, 4) is 5.69 Å². The first-order valence-electron chi connectivity index (χ1n) is 8.67. The highest BCUT2D eigenvalue weighted by Crippen LogP contribution is 2.37. The minimum absolute atomic E-state index is 0.0868. The predicted molar refractivity (Wildman–Crippen MR) is 94.0 cm³/mol.